The molecule has 1 unspecified atom stereocenters. The van der Waals surface area contributed by atoms with Crippen LogP contribution >= 0.6 is 0 Å². The molecule has 0 spiro atoms. The average molecular weight is 152 g/mol. The molecular formula is C9H17BO. The second-order valence-electron chi connectivity index (χ2n) is 3.90. The molecule has 0 amide bonds. The molecule has 2 heteroatoms. The molecule has 2 radical (unpaired) electrons. The summed E-state index contributed by atoms with van der Waals surface area (Å²) in [5, 5.41) is 0. The third-order valence-corrected chi connectivity index (χ3v) is 3.38. The molecule has 1 nitrogen and oxygen atoms in total. The zero-order valence-corrected chi connectivity index (χ0v) is 7.92. The van der Waals surface area contributed by atoms with E-state index in [-0.39, 0.29) is 11.6 Å². The van der Waals surface area contributed by atoms with Gasteiger partial charge in [-0.25, -0.2) is 0 Å². The fourth-order valence-electron chi connectivity index (χ4n) is 1.77. The highest BCUT2D eigenvalue weighted by Gasteiger charge is 2.43. The molecule has 1 rings (SSSR count). The Balaban J connectivity index is 2.73. The van der Waals surface area contributed by atoms with Crippen LogP contribution in [-0.2, 0) is 4.74 Å². The van der Waals surface area contributed by atoms with Crippen LogP contribution in [0.3, 0.4) is 0 Å². The minimum absolute atomic E-state index is 0.0127. The Bertz CT molecular complexity index is 148. The summed E-state index contributed by atoms with van der Waals surface area (Å²) in [6.45, 7) is 8.69. The second kappa shape index (κ2) is 2.82. The van der Waals surface area contributed by atoms with Crippen LogP contribution in [0.15, 0.2) is 0 Å². The first-order valence-electron chi connectivity index (χ1n) is 4.44. The van der Waals surface area contributed by atoms with Crippen LogP contribution in [0, 0.1) is 11.8 Å². The third kappa shape index (κ3) is 1.33. The Morgan fingerprint density at radius 1 is 1.45 bits per heavy atom. The quantitative estimate of drug-likeness (QED) is 0.522. The van der Waals surface area contributed by atoms with E-state index in [0.717, 1.165) is 6.42 Å². The fraction of sp³-hybridized carbons (Fsp3) is 1.00. The van der Waals surface area contributed by atoms with Crippen molar-refractivity contribution < 1.29 is 4.74 Å². The summed E-state index contributed by atoms with van der Waals surface area (Å²) in [7, 11) is 5.80. The molecule has 62 valence electrons. The van der Waals surface area contributed by atoms with E-state index in [9.17, 15) is 0 Å². The molecule has 11 heavy (non-hydrogen) atoms. The van der Waals surface area contributed by atoms with Gasteiger partial charge in [0.15, 0.2) is 0 Å². The molecule has 0 bridgehead atoms. The maximum Gasteiger partial charge on any atom is 0.109 e. The van der Waals surface area contributed by atoms with Crippen molar-refractivity contribution in [2.75, 3.05) is 0 Å². The Kier molecular flexibility index (Phi) is 2.33. The number of rotatable bonds is 1. The van der Waals surface area contributed by atoms with Crippen molar-refractivity contribution in [1.82, 2.24) is 0 Å². The lowest BCUT2D eigenvalue weighted by molar-refractivity contribution is -0.0188. The predicted molar refractivity (Wildman–Crippen MR) is 47.7 cm³/mol. The van der Waals surface area contributed by atoms with Crippen molar-refractivity contribution in [1.29, 1.82) is 0 Å². The van der Waals surface area contributed by atoms with E-state index >= 15 is 0 Å². The maximum absolute atomic E-state index is 5.80. The smallest absolute Gasteiger partial charge is 0.109 e. The second-order valence-corrected chi connectivity index (χ2v) is 3.90. The molecule has 1 aliphatic rings. The van der Waals surface area contributed by atoms with Gasteiger partial charge in [-0.3, -0.25) is 0 Å². The van der Waals surface area contributed by atoms with Gasteiger partial charge in [0.25, 0.3) is 0 Å². The summed E-state index contributed by atoms with van der Waals surface area (Å²) < 4.78 is 5.70. The van der Waals surface area contributed by atoms with Crippen LogP contribution in [0.4, 0.5) is 0 Å². The fourth-order valence-corrected chi connectivity index (χ4v) is 1.77. The van der Waals surface area contributed by atoms with Crippen LogP contribution in [0.5, 0.6) is 0 Å². The van der Waals surface area contributed by atoms with Gasteiger partial charge in [-0.15, -0.1) is 0 Å². The van der Waals surface area contributed by atoms with Crippen molar-refractivity contribution in [2.45, 2.75) is 45.7 Å². The summed E-state index contributed by atoms with van der Waals surface area (Å²) in [4.78, 5) is 0. The monoisotopic (exact) mass is 152 g/mol. The van der Waals surface area contributed by atoms with Gasteiger partial charge < -0.3 is 4.74 Å². The molecule has 0 aromatic rings. The Labute approximate surface area is 70.9 Å². The van der Waals surface area contributed by atoms with Gasteiger partial charge in [-0.05, 0) is 25.2 Å². The summed E-state index contributed by atoms with van der Waals surface area (Å²) in [5.41, 5.74) is 0.0127. The average Bonchev–Trinajstić information content (AvgIpc) is 2.17. The van der Waals surface area contributed by atoms with E-state index in [1.54, 1.807) is 0 Å². The number of hydrogen-bond acceptors (Lipinski definition) is 1. The highest BCUT2D eigenvalue weighted by Crippen LogP contribution is 2.40. The van der Waals surface area contributed by atoms with Gasteiger partial charge in [0, 0.05) is 6.00 Å². The molecule has 1 saturated heterocycles. The maximum atomic E-state index is 5.80. The summed E-state index contributed by atoms with van der Waals surface area (Å²) >= 11 is 0. The molecule has 1 aliphatic heterocycles. The van der Waals surface area contributed by atoms with Gasteiger partial charge in [-0.2, -0.15) is 0 Å². The molecule has 0 aromatic carbocycles. The Morgan fingerprint density at radius 2 is 2.00 bits per heavy atom. The minimum Gasteiger partial charge on any atom is -0.381 e. The van der Waals surface area contributed by atoms with Gasteiger partial charge in [0.2, 0.25) is 0 Å². The van der Waals surface area contributed by atoms with Crippen LogP contribution in [0.25, 0.3) is 0 Å². The molecule has 0 saturated carbocycles. The largest absolute Gasteiger partial charge is 0.381 e. The Morgan fingerprint density at radius 3 is 2.18 bits per heavy atom. The topological polar surface area (TPSA) is 9.23 Å². The predicted octanol–water partition coefficient (Wildman–Crippen LogP) is 1.95. The molecule has 1 fully saturated rings. The van der Waals surface area contributed by atoms with E-state index < -0.39 is 0 Å². The molecular weight excluding hydrogens is 135 g/mol. The van der Waals surface area contributed by atoms with Gasteiger partial charge in [-0.1, -0.05) is 20.8 Å². The highest BCUT2D eigenvalue weighted by atomic mass is 16.5. The zero-order valence-electron chi connectivity index (χ0n) is 7.92. The van der Waals surface area contributed by atoms with Crippen LogP contribution in [0.2, 0.25) is 0 Å². The standard InChI is InChI=1S/C9H17BO/c1-5-9(4)7(3)6(2)8(10)11-9/h6-8H,5H2,1-4H3/t6-,7?,8+,9+/m0/s1. The van der Waals surface area contributed by atoms with Gasteiger partial charge in [0.05, 0.1) is 5.60 Å². The van der Waals surface area contributed by atoms with Crippen LogP contribution in [0.1, 0.15) is 34.1 Å². The van der Waals surface area contributed by atoms with Crippen molar-refractivity contribution >= 4 is 7.85 Å². The molecule has 1 heterocycles. The van der Waals surface area contributed by atoms with E-state index in [2.05, 4.69) is 27.7 Å². The summed E-state index contributed by atoms with van der Waals surface area (Å²) in [5.74, 6) is 1.06. The van der Waals surface area contributed by atoms with Crippen molar-refractivity contribution in [2.24, 2.45) is 11.8 Å². The number of hydrogen-bond donors (Lipinski definition) is 0. The van der Waals surface area contributed by atoms with E-state index in [0.29, 0.717) is 11.8 Å². The highest BCUT2D eigenvalue weighted by molar-refractivity contribution is 6.11. The first-order chi connectivity index (χ1) is 5.01. The zero-order chi connectivity index (χ0) is 8.65. The van der Waals surface area contributed by atoms with Crippen molar-refractivity contribution in [3.63, 3.8) is 0 Å². The minimum atomic E-state index is -0.0602. The third-order valence-electron chi connectivity index (χ3n) is 3.38. The SMILES string of the molecule is [B][C@@H]1O[C@](C)(CC)C(C)[C@@H]1C. The van der Waals surface area contributed by atoms with Crippen LogP contribution in [-0.4, -0.2) is 19.5 Å². The van der Waals surface area contributed by atoms with Gasteiger partial charge >= 0.3 is 0 Å². The summed E-state index contributed by atoms with van der Waals surface area (Å²) in [6, 6.07) is -0.0602. The van der Waals surface area contributed by atoms with Crippen molar-refractivity contribution in [3.05, 3.63) is 0 Å². The van der Waals surface area contributed by atoms with Crippen LogP contribution < -0.4 is 0 Å². The molecule has 4 atom stereocenters. The normalized spacial score (nSPS) is 51.5. The Hall–Kier alpha value is 0.0249. The molecule has 0 aliphatic carbocycles. The lowest BCUT2D eigenvalue weighted by Crippen LogP contribution is -2.30. The van der Waals surface area contributed by atoms with E-state index in [4.69, 9.17) is 12.6 Å². The van der Waals surface area contributed by atoms with Gasteiger partial charge in [0.1, 0.15) is 7.85 Å². The van der Waals surface area contributed by atoms with E-state index in [1.165, 1.54) is 0 Å². The molecule has 0 N–H and O–H groups in total. The number of ether oxygens (including phenoxy) is 1. The lowest BCUT2D eigenvalue weighted by atomic mass is 9.77. The first-order valence-corrected chi connectivity index (χ1v) is 4.44. The first kappa shape index (κ1) is 9.12. The van der Waals surface area contributed by atoms with Crippen molar-refractivity contribution in [3.8, 4) is 0 Å². The lowest BCUT2D eigenvalue weighted by Gasteiger charge is -2.27. The summed E-state index contributed by atoms with van der Waals surface area (Å²) in [6.07, 6.45) is 1.05. The van der Waals surface area contributed by atoms with E-state index in [1.807, 2.05) is 0 Å². The molecule has 0 aromatic heterocycles.